The molecule has 0 radical (unpaired) electrons. The van der Waals surface area contributed by atoms with Crippen molar-refractivity contribution in [3.05, 3.63) is 0 Å². The van der Waals surface area contributed by atoms with Gasteiger partial charge in [-0.25, -0.2) is 8.42 Å². The van der Waals surface area contributed by atoms with E-state index in [0.29, 0.717) is 0 Å². The molecule has 0 bridgehead atoms. The van der Waals surface area contributed by atoms with E-state index in [-0.39, 0.29) is 31.6 Å². The van der Waals surface area contributed by atoms with Gasteiger partial charge in [-0.15, -0.1) is 0 Å². The summed E-state index contributed by atoms with van der Waals surface area (Å²) >= 11 is 0. The summed E-state index contributed by atoms with van der Waals surface area (Å²) < 4.78 is 34.4. The third-order valence-electron chi connectivity index (χ3n) is 2.07. The largest absolute Gasteiger partial charge is 0.465 e. The fourth-order valence-corrected chi connectivity index (χ4v) is 2.80. The van der Waals surface area contributed by atoms with Crippen molar-refractivity contribution in [1.82, 2.24) is 4.31 Å². The van der Waals surface area contributed by atoms with Crippen molar-refractivity contribution in [2.45, 2.75) is 26.8 Å². The third kappa shape index (κ3) is 5.99. The first-order valence-electron chi connectivity index (χ1n) is 5.49. The van der Waals surface area contributed by atoms with Gasteiger partial charge < -0.3 is 9.47 Å². The van der Waals surface area contributed by atoms with Crippen molar-refractivity contribution in [3.63, 3.8) is 0 Å². The van der Waals surface area contributed by atoms with Crippen molar-refractivity contribution >= 4 is 16.0 Å². The second-order valence-electron chi connectivity index (χ2n) is 3.75. The van der Waals surface area contributed by atoms with Crippen LogP contribution in [0.3, 0.4) is 0 Å². The van der Waals surface area contributed by atoms with Gasteiger partial charge >= 0.3 is 5.97 Å². The minimum absolute atomic E-state index is 0.106. The smallest absolute Gasteiger partial charge is 0.321 e. The van der Waals surface area contributed by atoms with Gasteiger partial charge in [0.2, 0.25) is 10.0 Å². The topological polar surface area (TPSA) is 72.9 Å². The van der Waals surface area contributed by atoms with Gasteiger partial charge in [0.25, 0.3) is 0 Å². The summed E-state index contributed by atoms with van der Waals surface area (Å²) in [7, 11) is -2.06. The summed E-state index contributed by atoms with van der Waals surface area (Å²) in [4.78, 5) is 11.3. The molecule has 0 aliphatic rings. The van der Waals surface area contributed by atoms with Gasteiger partial charge in [-0.2, -0.15) is 4.31 Å². The molecule has 0 saturated heterocycles. The molecule has 0 heterocycles. The van der Waals surface area contributed by atoms with Gasteiger partial charge in [0, 0.05) is 13.2 Å². The number of carbonyl (C=O) groups excluding carboxylic acids is 1. The zero-order valence-electron chi connectivity index (χ0n) is 10.8. The molecule has 0 spiro atoms. The van der Waals surface area contributed by atoms with Crippen molar-refractivity contribution in [1.29, 1.82) is 0 Å². The average molecular weight is 267 g/mol. The minimum Gasteiger partial charge on any atom is -0.465 e. The van der Waals surface area contributed by atoms with Gasteiger partial charge in [0.15, 0.2) is 0 Å². The van der Waals surface area contributed by atoms with Crippen LogP contribution >= 0.6 is 0 Å². The van der Waals surface area contributed by atoms with E-state index in [1.807, 2.05) is 0 Å². The van der Waals surface area contributed by atoms with Crippen LogP contribution < -0.4 is 0 Å². The normalized spacial score (nSPS) is 12.1. The van der Waals surface area contributed by atoms with E-state index in [0.717, 1.165) is 4.31 Å². The lowest BCUT2D eigenvalue weighted by atomic mass is 10.4. The average Bonchev–Trinajstić information content (AvgIpc) is 2.23. The van der Waals surface area contributed by atoms with Crippen LogP contribution in [0.5, 0.6) is 0 Å². The molecular weight excluding hydrogens is 246 g/mol. The Morgan fingerprint density at radius 2 is 1.94 bits per heavy atom. The quantitative estimate of drug-likeness (QED) is 0.589. The molecule has 0 N–H and O–H groups in total. The molecule has 0 aliphatic heterocycles. The number of hydrogen-bond acceptors (Lipinski definition) is 5. The van der Waals surface area contributed by atoms with Gasteiger partial charge in [-0.3, -0.25) is 4.79 Å². The zero-order valence-corrected chi connectivity index (χ0v) is 11.6. The molecule has 0 amide bonds. The Kier molecular flexibility index (Phi) is 7.33. The van der Waals surface area contributed by atoms with Crippen LogP contribution in [-0.4, -0.2) is 57.4 Å². The highest BCUT2D eigenvalue weighted by atomic mass is 32.2. The Bertz CT molecular complexity index is 326. The Morgan fingerprint density at radius 1 is 1.35 bits per heavy atom. The Morgan fingerprint density at radius 3 is 2.35 bits per heavy atom. The molecule has 0 saturated carbocycles. The molecule has 6 nitrogen and oxygen atoms in total. The second kappa shape index (κ2) is 7.62. The predicted molar refractivity (Wildman–Crippen MR) is 64.1 cm³/mol. The van der Waals surface area contributed by atoms with E-state index in [2.05, 4.69) is 0 Å². The number of carbonyl (C=O) groups is 1. The molecule has 17 heavy (non-hydrogen) atoms. The Labute approximate surface area is 103 Å². The van der Waals surface area contributed by atoms with E-state index in [4.69, 9.17) is 9.47 Å². The zero-order chi connectivity index (χ0) is 13.5. The number of nitrogens with zero attached hydrogens (tertiary/aromatic N) is 1. The van der Waals surface area contributed by atoms with Crippen molar-refractivity contribution in [2.75, 3.05) is 32.6 Å². The molecule has 0 aromatic carbocycles. The maximum absolute atomic E-state index is 11.9. The van der Waals surface area contributed by atoms with E-state index >= 15 is 0 Å². The van der Waals surface area contributed by atoms with Gasteiger partial charge in [0.1, 0.15) is 6.54 Å². The number of rotatable bonds is 8. The standard InChI is InChI=1S/C10H21NO5S/c1-5-16-10(12)8-11(9(2)3)17(13,14)7-6-15-4/h9H,5-8H2,1-4H3. The molecule has 7 heteroatoms. The summed E-state index contributed by atoms with van der Waals surface area (Å²) in [6, 6.07) is -0.290. The number of sulfonamides is 1. The van der Waals surface area contributed by atoms with E-state index in [1.54, 1.807) is 20.8 Å². The summed E-state index contributed by atoms with van der Waals surface area (Å²) in [6.07, 6.45) is 0. The molecule has 102 valence electrons. The molecular formula is C10H21NO5S. The van der Waals surface area contributed by atoms with Crippen molar-refractivity contribution in [2.24, 2.45) is 0 Å². The van der Waals surface area contributed by atoms with Gasteiger partial charge in [-0.05, 0) is 20.8 Å². The predicted octanol–water partition coefficient (Wildman–Crippen LogP) is 0.236. The highest BCUT2D eigenvalue weighted by Crippen LogP contribution is 2.08. The molecule has 0 aromatic rings. The monoisotopic (exact) mass is 267 g/mol. The molecule has 0 rings (SSSR count). The molecule has 0 atom stereocenters. The number of methoxy groups -OCH3 is 1. The number of hydrogen-bond donors (Lipinski definition) is 0. The Hall–Kier alpha value is -0.660. The van der Waals surface area contributed by atoms with E-state index in [9.17, 15) is 13.2 Å². The van der Waals surface area contributed by atoms with Crippen LogP contribution in [-0.2, 0) is 24.3 Å². The second-order valence-corrected chi connectivity index (χ2v) is 5.79. The fourth-order valence-electron chi connectivity index (χ4n) is 1.24. The van der Waals surface area contributed by atoms with E-state index in [1.165, 1.54) is 7.11 Å². The highest BCUT2D eigenvalue weighted by molar-refractivity contribution is 7.89. The van der Waals surface area contributed by atoms with Crippen molar-refractivity contribution < 1.29 is 22.7 Å². The number of esters is 1. The minimum atomic E-state index is -3.49. The van der Waals surface area contributed by atoms with Crippen LogP contribution in [0.4, 0.5) is 0 Å². The maximum Gasteiger partial charge on any atom is 0.321 e. The number of ether oxygens (including phenoxy) is 2. The maximum atomic E-state index is 11.9. The van der Waals surface area contributed by atoms with Crippen LogP contribution in [0.1, 0.15) is 20.8 Å². The highest BCUT2D eigenvalue weighted by Gasteiger charge is 2.27. The molecule has 0 unspecified atom stereocenters. The van der Waals surface area contributed by atoms with Gasteiger partial charge in [0.05, 0.1) is 19.0 Å². The van der Waals surface area contributed by atoms with Crippen LogP contribution in [0.15, 0.2) is 0 Å². The van der Waals surface area contributed by atoms with Crippen molar-refractivity contribution in [3.8, 4) is 0 Å². The Balaban J connectivity index is 4.67. The van der Waals surface area contributed by atoms with E-state index < -0.39 is 16.0 Å². The fraction of sp³-hybridized carbons (Fsp3) is 0.900. The lowest BCUT2D eigenvalue weighted by molar-refractivity contribution is -0.143. The SMILES string of the molecule is CCOC(=O)CN(C(C)C)S(=O)(=O)CCOC. The molecule has 0 fully saturated rings. The molecule has 0 aliphatic carbocycles. The summed E-state index contributed by atoms with van der Waals surface area (Å²) in [5.74, 6) is -0.677. The summed E-state index contributed by atoms with van der Waals surface area (Å²) in [5, 5.41) is 0. The third-order valence-corrected chi connectivity index (χ3v) is 4.02. The van der Waals surface area contributed by atoms with Crippen LogP contribution in [0.25, 0.3) is 0 Å². The first-order valence-corrected chi connectivity index (χ1v) is 7.10. The summed E-state index contributed by atoms with van der Waals surface area (Å²) in [6.45, 7) is 5.19. The van der Waals surface area contributed by atoms with Gasteiger partial charge in [-0.1, -0.05) is 0 Å². The summed E-state index contributed by atoms with van der Waals surface area (Å²) in [5.41, 5.74) is 0. The first-order chi connectivity index (χ1) is 7.85. The molecule has 0 aromatic heterocycles. The lowest BCUT2D eigenvalue weighted by Gasteiger charge is -2.24. The first kappa shape index (κ1) is 16.3. The van der Waals surface area contributed by atoms with Crippen LogP contribution in [0.2, 0.25) is 0 Å². The lowest BCUT2D eigenvalue weighted by Crippen LogP contribution is -2.43. The van der Waals surface area contributed by atoms with Crippen LogP contribution in [0, 0.1) is 0 Å².